The van der Waals surface area contributed by atoms with E-state index in [9.17, 15) is 8.42 Å². The van der Waals surface area contributed by atoms with Gasteiger partial charge < -0.3 is 4.98 Å². The zero-order valence-corrected chi connectivity index (χ0v) is 14.4. The highest BCUT2D eigenvalue weighted by atomic mass is 32.2. The molecule has 0 aliphatic heterocycles. The maximum Gasteiger partial charge on any atom is 0.226 e. The largest absolute Gasteiger partial charge is 0.332 e. The standard InChI is InChI=1S/C17H16N2O2S2/c1-11-3-7-13(8-4-11)15-18-16(22)17(19-15)23(20,21)14-9-5-12(2)6-10-14/h3-10,22H,1-2H3,(H,18,19). The normalized spacial score (nSPS) is 11.6. The van der Waals surface area contributed by atoms with Crippen LogP contribution in [0.3, 0.4) is 0 Å². The monoisotopic (exact) mass is 344 g/mol. The quantitative estimate of drug-likeness (QED) is 0.710. The van der Waals surface area contributed by atoms with Crippen LogP contribution in [0, 0.1) is 13.8 Å². The number of hydrogen-bond acceptors (Lipinski definition) is 4. The van der Waals surface area contributed by atoms with Crippen LogP contribution in [0.4, 0.5) is 0 Å². The Bertz CT molecular complexity index is 941. The lowest BCUT2D eigenvalue weighted by Gasteiger charge is -2.02. The number of hydrogen-bond donors (Lipinski definition) is 2. The van der Waals surface area contributed by atoms with Gasteiger partial charge in [-0.2, -0.15) is 0 Å². The summed E-state index contributed by atoms with van der Waals surface area (Å²) >= 11 is 4.26. The molecule has 0 aliphatic carbocycles. The Morgan fingerprint density at radius 1 is 0.913 bits per heavy atom. The Balaban J connectivity index is 2.07. The molecule has 0 bridgehead atoms. The van der Waals surface area contributed by atoms with Gasteiger partial charge in [0.05, 0.1) is 4.90 Å². The van der Waals surface area contributed by atoms with E-state index in [0.717, 1.165) is 16.7 Å². The van der Waals surface area contributed by atoms with Crippen LogP contribution >= 0.6 is 12.6 Å². The van der Waals surface area contributed by atoms with Crippen LogP contribution in [0.5, 0.6) is 0 Å². The van der Waals surface area contributed by atoms with Crippen LogP contribution in [0.1, 0.15) is 11.1 Å². The van der Waals surface area contributed by atoms with Crippen molar-refractivity contribution in [2.45, 2.75) is 28.8 Å². The minimum atomic E-state index is -3.70. The fourth-order valence-corrected chi connectivity index (χ4v) is 3.96. The molecular weight excluding hydrogens is 328 g/mol. The summed E-state index contributed by atoms with van der Waals surface area (Å²) in [6.07, 6.45) is 0. The number of aromatic amines is 1. The van der Waals surface area contributed by atoms with Crippen LogP contribution in [0.15, 0.2) is 63.5 Å². The van der Waals surface area contributed by atoms with E-state index in [0.29, 0.717) is 5.82 Å². The summed E-state index contributed by atoms with van der Waals surface area (Å²) in [4.78, 5) is 7.41. The molecule has 3 rings (SSSR count). The number of rotatable bonds is 3. The van der Waals surface area contributed by atoms with Crippen molar-refractivity contribution in [3.05, 3.63) is 59.7 Å². The summed E-state index contributed by atoms with van der Waals surface area (Å²) < 4.78 is 25.5. The number of benzene rings is 2. The molecule has 3 aromatic rings. The third-order valence-corrected chi connectivity index (χ3v) is 5.74. The lowest BCUT2D eigenvalue weighted by Crippen LogP contribution is -2.03. The number of thiol groups is 1. The number of H-pyrrole nitrogens is 1. The second-order valence-electron chi connectivity index (χ2n) is 5.42. The van der Waals surface area contributed by atoms with E-state index in [4.69, 9.17) is 0 Å². The Labute approximate surface area is 140 Å². The van der Waals surface area contributed by atoms with Crippen LogP contribution < -0.4 is 0 Å². The van der Waals surface area contributed by atoms with Gasteiger partial charge in [-0.1, -0.05) is 47.5 Å². The van der Waals surface area contributed by atoms with E-state index >= 15 is 0 Å². The highest BCUT2D eigenvalue weighted by Gasteiger charge is 2.25. The van der Waals surface area contributed by atoms with E-state index < -0.39 is 9.84 Å². The van der Waals surface area contributed by atoms with Gasteiger partial charge in [0.1, 0.15) is 10.9 Å². The third kappa shape index (κ3) is 3.04. The summed E-state index contributed by atoms with van der Waals surface area (Å²) in [6, 6.07) is 14.4. The number of nitrogens with zero attached hydrogens (tertiary/aromatic N) is 1. The van der Waals surface area contributed by atoms with Crippen molar-refractivity contribution in [3.8, 4) is 11.4 Å². The molecule has 6 heteroatoms. The second-order valence-corrected chi connectivity index (χ2v) is 7.73. The molecule has 1 aromatic heterocycles. The average Bonchev–Trinajstić information content (AvgIpc) is 2.91. The summed E-state index contributed by atoms with van der Waals surface area (Å²) in [7, 11) is -3.70. The van der Waals surface area contributed by atoms with Crippen molar-refractivity contribution >= 4 is 22.5 Å². The van der Waals surface area contributed by atoms with E-state index in [2.05, 4.69) is 22.6 Å². The van der Waals surface area contributed by atoms with E-state index in [-0.39, 0.29) is 14.9 Å². The highest BCUT2D eigenvalue weighted by Crippen LogP contribution is 2.28. The first-order chi connectivity index (χ1) is 10.9. The molecule has 0 fully saturated rings. The van der Waals surface area contributed by atoms with Gasteiger partial charge in [-0.15, -0.1) is 12.6 Å². The molecule has 1 N–H and O–H groups in total. The van der Waals surface area contributed by atoms with Gasteiger partial charge in [-0.05, 0) is 26.0 Å². The van der Waals surface area contributed by atoms with Crippen LogP contribution in [0.25, 0.3) is 11.4 Å². The lowest BCUT2D eigenvalue weighted by molar-refractivity contribution is 0.590. The first kappa shape index (κ1) is 15.8. The molecule has 0 saturated heterocycles. The van der Waals surface area contributed by atoms with Crippen molar-refractivity contribution in [1.82, 2.24) is 9.97 Å². The van der Waals surface area contributed by atoms with Crippen molar-refractivity contribution in [2.24, 2.45) is 0 Å². The second kappa shape index (κ2) is 5.86. The van der Waals surface area contributed by atoms with Crippen LogP contribution in [-0.2, 0) is 9.84 Å². The Morgan fingerprint density at radius 3 is 2.00 bits per heavy atom. The molecule has 1 heterocycles. The molecule has 118 valence electrons. The number of aryl methyl sites for hydroxylation is 2. The summed E-state index contributed by atoms with van der Waals surface area (Å²) in [5.41, 5.74) is 2.94. The lowest BCUT2D eigenvalue weighted by atomic mass is 10.1. The molecule has 0 spiro atoms. The van der Waals surface area contributed by atoms with Crippen molar-refractivity contribution in [2.75, 3.05) is 0 Å². The zero-order chi connectivity index (χ0) is 16.6. The highest BCUT2D eigenvalue weighted by molar-refractivity contribution is 7.92. The van der Waals surface area contributed by atoms with Gasteiger partial charge >= 0.3 is 0 Å². The van der Waals surface area contributed by atoms with Gasteiger partial charge in [-0.25, -0.2) is 13.4 Å². The fraction of sp³-hybridized carbons (Fsp3) is 0.118. The van der Waals surface area contributed by atoms with Gasteiger partial charge in [0.15, 0.2) is 5.03 Å². The predicted molar refractivity (Wildman–Crippen MR) is 92.6 cm³/mol. The fourth-order valence-electron chi connectivity index (χ4n) is 2.21. The van der Waals surface area contributed by atoms with Crippen molar-refractivity contribution in [3.63, 3.8) is 0 Å². The molecule has 0 atom stereocenters. The molecule has 0 amide bonds. The van der Waals surface area contributed by atoms with Gasteiger partial charge in [-0.3, -0.25) is 0 Å². The van der Waals surface area contributed by atoms with E-state index in [1.165, 1.54) is 0 Å². The van der Waals surface area contributed by atoms with Gasteiger partial charge in [0.25, 0.3) is 0 Å². The number of aromatic nitrogens is 2. The van der Waals surface area contributed by atoms with Crippen LogP contribution in [0.2, 0.25) is 0 Å². The molecular formula is C17H16N2O2S2. The minimum absolute atomic E-state index is 0.0553. The third-order valence-electron chi connectivity index (χ3n) is 3.56. The smallest absolute Gasteiger partial charge is 0.226 e. The Kier molecular flexibility index (Phi) is 4.04. The number of imidazole rings is 1. The summed E-state index contributed by atoms with van der Waals surface area (Å²) in [5.74, 6) is 0.487. The van der Waals surface area contributed by atoms with Gasteiger partial charge in [0, 0.05) is 5.56 Å². The molecule has 2 aromatic carbocycles. The predicted octanol–water partition coefficient (Wildman–Crippen LogP) is 3.82. The Morgan fingerprint density at radius 2 is 1.43 bits per heavy atom. The molecule has 4 nitrogen and oxygen atoms in total. The number of sulfone groups is 1. The van der Waals surface area contributed by atoms with Gasteiger partial charge in [0.2, 0.25) is 9.84 Å². The summed E-state index contributed by atoms with van der Waals surface area (Å²) in [6.45, 7) is 3.90. The SMILES string of the molecule is Cc1ccc(-c2nc(S(=O)(=O)c3ccc(C)cc3)c(S)[nH]2)cc1. The minimum Gasteiger partial charge on any atom is -0.332 e. The summed E-state index contributed by atoms with van der Waals surface area (Å²) in [5, 5.41) is 0.182. The van der Waals surface area contributed by atoms with Crippen molar-refractivity contribution < 1.29 is 8.42 Å². The maximum absolute atomic E-state index is 12.7. The zero-order valence-electron chi connectivity index (χ0n) is 12.7. The maximum atomic E-state index is 12.7. The molecule has 23 heavy (non-hydrogen) atoms. The average molecular weight is 344 g/mol. The first-order valence-electron chi connectivity index (χ1n) is 7.06. The molecule has 0 saturated carbocycles. The van der Waals surface area contributed by atoms with Crippen molar-refractivity contribution in [1.29, 1.82) is 0 Å². The van der Waals surface area contributed by atoms with E-state index in [1.807, 2.05) is 38.1 Å². The molecule has 0 unspecified atom stereocenters. The molecule has 0 aliphatic rings. The Hall–Kier alpha value is -2.05. The van der Waals surface area contributed by atoms with Crippen LogP contribution in [-0.4, -0.2) is 18.4 Å². The topological polar surface area (TPSA) is 62.8 Å². The number of nitrogens with one attached hydrogen (secondary N) is 1. The first-order valence-corrected chi connectivity index (χ1v) is 8.99. The van der Waals surface area contributed by atoms with E-state index in [1.54, 1.807) is 24.3 Å². The molecule has 0 radical (unpaired) electrons.